The number of carbonyl (C=O) groups excluding carboxylic acids is 1. The zero-order valence-corrected chi connectivity index (χ0v) is 10.1. The number of amides is 2. The number of hydrogen-bond donors (Lipinski definition) is 2. The minimum atomic E-state index is -0.252. The number of para-hydroxylation sites is 2. The van der Waals surface area contributed by atoms with E-state index in [2.05, 4.69) is 5.32 Å². The molecule has 0 aliphatic carbocycles. The lowest BCUT2D eigenvalue weighted by atomic mass is 9.94. The molecule has 2 amide bonds. The van der Waals surface area contributed by atoms with Crippen molar-refractivity contribution < 1.29 is 9.53 Å². The van der Waals surface area contributed by atoms with Gasteiger partial charge in [0.25, 0.3) is 0 Å². The number of hydrogen-bond acceptors (Lipinski definition) is 3. The molecule has 1 aliphatic heterocycles. The number of likely N-dealkylation sites (tertiary alicyclic amines) is 1. The zero-order valence-electron chi connectivity index (χ0n) is 10.1. The highest BCUT2D eigenvalue weighted by atomic mass is 16.5. The Morgan fingerprint density at radius 1 is 1.47 bits per heavy atom. The first kappa shape index (κ1) is 11.7. The van der Waals surface area contributed by atoms with Gasteiger partial charge in [0.15, 0.2) is 0 Å². The minimum Gasteiger partial charge on any atom is -0.495 e. The third-order valence-corrected chi connectivity index (χ3v) is 2.74. The molecular weight excluding hydrogens is 218 g/mol. The molecule has 0 aromatic heterocycles. The summed E-state index contributed by atoms with van der Waals surface area (Å²) in [4.78, 5) is 13.5. The van der Waals surface area contributed by atoms with Crippen molar-refractivity contribution in [2.24, 2.45) is 5.73 Å². The van der Waals surface area contributed by atoms with Crippen LogP contribution in [-0.4, -0.2) is 36.7 Å². The van der Waals surface area contributed by atoms with Gasteiger partial charge in [-0.3, -0.25) is 0 Å². The fourth-order valence-electron chi connectivity index (χ4n) is 1.91. The van der Waals surface area contributed by atoms with Crippen LogP contribution in [0.2, 0.25) is 0 Å². The molecule has 1 heterocycles. The van der Waals surface area contributed by atoms with E-state index < -0.39 is 0 Å². The van der Waals surface area contributed by atoms with Crippen LogP contribution in [0.5, 0.6) is 5.75 Å². The van der Waals surface area contributed by atoms with Gasteiger partial charge >= 0.3 is 6.03 Å². The second-order valence-electron chi connectivity index (χ2n) is 4.64. The number of benzene rings is 1. The number of rotatable bonds is 2. The zero-order chi connectivity index (χ0) is 12.5. The summed E-state index contributed by atoms with van der Waals surface area (Å²) >= 11 is 0. The van der Waals surface area contributed by atoms with Crippen molar-refractivity contribution in [3.05, 3.63) is 24.3 Å². The summed E-state index contributed by atoms with van der Waals surface area (Å²) in [6.45, 7) is 3.09. The van der Waals surface area contributed by atoms with Gasteiger partial charge in [-0.1, -0.05) is 12.1 Å². The average molecular weight is 235 g/mol. The molecule has 5 nitrogen and oxygen atoms in total. The van der Waals surface area contributed by atoms with Gasteiger partial charge in [-0.25, -0.2) is 4.79 Å². The molecule has 1 aliphatic rings. The summed E-state index contributed by atoms with van der Waals surface area (Å²) in [7, 11) is 1.57. The maximum Gasteiger partial charge on any atom is 0.322 e. The summed E-state index contributed by atoms with van der Waals surface area (Å²) < 4.78 is 5.16. The first-order chi connectivity index (χ1) is 8.02. The van der Waals surface area contributed by atoms with Gasteiger partial charge in [0.1, 0.15) is 5.75 Å². The van der Waals surface area contributed by atoms with E-state index in [1.807, 2.05) is 19.1 Å². The third-order valence-electron chi connectivity index (χ3n) is 2.74. The van der Waals surface area contributed by atoms with E-state index in [0.29, 0.717) is 24.5 Å². The number of methoxy groups -OCH3 is 1. The first-order valence-corrected chi connectivity index (χ1v) is 5.50. The van der Waals surface area contributed by atoms with Crippen molar-refractivity contribution in [1.29, 1.82) is 0 Å². The van der Waals surface area contributed by atoms with Crippen molar-refractivity contribution in [2.45, 2.75) is 12.5 Å². The fraction of sp³-hybridized carbons (Fsp3) is 0.417. The highest BCUT2D eigenvalue weighted by Crippen LogP contribution is 2.25. The molecule has 0 saturated carbocycles. The van der Waals surface area contributed by atoms with Crippen molar-refractivity contribution in [1.82, 2.24) is 4.90 Å². The van der Waals surface area contributed by atoms with Crippen LogP contribution in [0.1, 0.15) is 6.92 Å². The number of nitrogens with two attached hydrogens (primary N) is 1. The predicted molar refractivity (Wildman–Crippen MR) is 66.2 cm³/mol. The molecule has 0 atom stereocenters. The standard InChI is InChI=1S/C12H17N3O2/c1-12(13)7-15(8-12)11(16)14-9-5-3-4-6-10(9)17-2/h3-6H,7-8,13H2,1-2H3,(H,14,16). The Morgan fingerprint density at radius 2 is 2.12 bits per heavy atom. The molecule has 1 saturated heterocycles. The number of nitrogens with zero attached hydrogens (tertiary/aromatic N) is 1. The van der Waals surface area contributed by atoms with Crippen LogP contribution in [-0.2, 0) is 0 Å². The van der Waals surface area contributed by atoms with E-state index >= 15 is 0 Å². The van der Waals surface area contributed by atoms with Gasteiger partial charge in [0.2, 0.25) is 0 Å². The number of anilines is 1. The highest BCUT2D eigenvalue weighted by molar-refractivity contribution is 5.91. The molecule has 0 unspecified atom stereocenters. The maximum absolute atomic E-state index is 11.9. The van der Waals surface area contributed by atoms with Crippen LogP contribution in [0.25, 0.3) is 0 Å². The minimum absolute atomic E-state index is 0.141. The van der Waals surface area contributed by atoms with Crippen LogP contribution in [0.3, 0.4) is 0 Å². The van der Waals surface area contributed by atoms with Gasteiger partial charge in [0, 0.05) is 18.6 Å². The Bertz CT molecular complexity index is 424. The largest absolute Gasteiger partial charge is 0.495 e. The second-order valence-corrected chi connectivity index (χ2v) is 4.64. The summed E-state index contributed by atoms with van der Waals surface area (Å²) in [6, 6.07) is 7.17. The quantitative estimate of drug-likeness (QED) is 0.811. The van der Waals surface area contributed by atoms with E-state index in [9.17, 15) is 4.79 Å². The number of ether oxygens (including phenoxy) is 1. The molecule has 1 fully saturated rings. The normalized spacial score (nSPS) is 17.2. The molecule has 92 valence electrons. The molecule has 5 heteroatoms. The average Bonchev–Trinajstić information content (AvgIpc) is 2.26. The van der Waals surface area contributed by atoms with Gasteiger partial charge in [-0.05, 0) is 19.1 Å². The molecule has 1 aromatic carbocycles. The summed E-state index contributed by atoms with van der Waals surface area (Å²) in [5.41, 5.74) is 6.27. The Balaban J connectivity index is 1.99. The SMILES string of the molecule is COc1ccccc1NC(=O)N1CC(C)(N)C1. The molecule has 3 N–H and O–H groups in total. The van der Waals surface area contributed by atoms with E-state index in [4.69, 9.17) is 10.5 Å². The molecule has 0 radical (unpaired) electrons. The maximum atomic E-state index is 11.9. The predicted octanol–water partition coefficient (Wildman–Crippen LogP) is 1.26. The van der Waals surface area contributed by atoms with Crippen LogP contribution in [0.4, 0.5) is 10.5 Å². The monoisotopic (exact) mass is 235 g/mol. The lowest BCUT2D eigenvalue weighted by molar-refractivity contribution is 0.117. The molecule has 1 aromatic rings. The van der Waals surface area contributed by atoms with E-state index in [0.717, 1.165) is 0 Å². The van der Waals surface area contributed by atoms with E-state index in [1.54, 1.807) is 24.1 Å². The van der Waals surface area contributed by atoms with Crippen molar-refractivity contribution in [3.8, 4) is 5.75 Å². The van der Waals surface area contributed by atoms with Gasteiger partial charge in [-0.2, -0.15) is 0 Å². The van der Waals surface area contributed by atoms with Crippen molar-refractivity contribution in [3.63, 3.8) is 0 Å². The molecule has 0 bridgehead atoms. The molecule has 17 heavy (non-hydrogen) atoms. The lowest BCUT2D eigenvalue weighted by Gasteiger charge is -2.45. The Kier molecular flexibility index (Phi) is 2.93. The van der Waals surface area contributed by atoms with Crippen LogP contribution in [0, 0.1) is 0 Å². The van der Waals surface area contributed by atoms with Gasteiger partial charge in [-0.15, -0.1) is 0 Å². The summed E-state index contributed by atoms with van der Waals surface area (Å²) in [5, 5.41) is 2.81. The Labute approximate surface area is 101 Å². The molecule has 0 spiro atoms. The number of nitrogens with one attached hydrogen (secondary N) is 1. The lowest BCUT2D eigenvalue weighted by Crippen LogP contribution is -2.67. The summed E-state index contributed by atoms with van der Waals surface area (Å²) in [5.74, 6) is 0.650. The van der Waals surface area contributed by atoms with Crippen molar-refractivity contribution >= 4 is 11.7 Å². The van der Waals surface area contributed by atoms with Crippen LogP contribution < -0.4 is 15.8 Å². The van der Waals surface area contributed by atoms with Gasteiger partial charge < -0.3 is 20.7 Å². The smallest absolute Gasteiger partial charge is 0.322 e. The van der Waals surface area contributed by atoms with E-state index in [1.165, 1.54) is 0 Å². The Hall–Kier alpha value is -1.75. The van der Waals surface area contributed by atoms with Crippen molar-refractivity contribution in [2.75, 3.05) is 25.5 Å². The summed E-state index contributed by atoms with van der Waals surface area (Å²) in [6.07, 6.45) is 0. The first-order valence-electron chi connectivity index (χ1n) is 5.50. The highest BCUT2D eigenvalue weighted by Gasteiger charge is 2.37. The second kappa shape index (κ2) is 4.25. The Morgan fingerprint density at radius 3 is 2.71 bits per heavy atom. The molecule has 2 rings (SSSR count). The van der Waals surface area contributed by atoms with E-state index in [-0.39, 0.29) is 11.6 Å². The topological polar surface area (TPSA) is 67.6 Å². The molecular formula is C12H17N3O2. The third kappa shape index (κ3) is 2.50. The van der Waals surface area contributed by atoms with Crippen LogP contribution >= 0.6 is 0 Å². The van der Waals surface area contributed by atoms with Gasteiger partial charge in [0.05, 0.1) is 12.8 Å². The van der Waals surface area contributed by atoms with Crippen LogP contribution in [0.15, 0.2) is 24.3 Å². The number of carbonyl (C=O) groups is 1. The fourth-order valence-corrected chi connectivity index (χ4v) is 1.91. The number of urea groups is 1.